The van der Waals surface area contributed by atoms with Crippen LogP contribution in [0.2, 0.25) is 0 Å². The second-order valence-corrected chi connectivity index (χ2v) is 3.47. The van der Waals surface area contributed by atoms with E-state index in [4.69, 9.17) is 10.9 Å². The summed E-state index contributed by atoms with van der Waals surface area (Å²) in [6.45, 7) is 7.92. The van der Waals surface area contributed by atoms with Crippen LogP contribution in [0.3, 0.4) is 0 Å². The van der Waals surface area contributed by atoms with E-state index in [1.807, 2.05) is 20.8 Å². The molecule has 0 fully saturated rings. The molecule has 0 saturated heterocycles. The molecule has 6 nitrogen and oxygen atoms in total. The molecule has 94 valence electrons. The van der Waals surface area contributed by atoms with E-state index in [-0.39, 0.29) is 18.4 Å². The Labute approximate surface area is 96.7 Å². The summed E-state index contributed by atoms with van der Waals surface area (Å²) in [6.07, 6.45) is 0.839. The van der Waals surface area contributed by atoms with Gasteiger partial charge in [-0.05, 0) is 20.3 Å². The van der Waals surface area contributed by atoms with Crippen molar-refractivity contribution >= 4 is 11.9 Å². The number of nitrogens with two attached hydrogens (primary N) is 1. The van der Waals surface area contributed by atoms with E-state index in [1.165, 1.54) is 0 Å². The van der Waals surface area contributed by atoms with Gasteiger partial charge in [-0.2, -0.15) is 0 Å². The first-order valence-corrected chi connectivity index (χ1v) is 5.60. The van der Waals surface area contributed by atoms with Crippen LogP contribution in [0, 0.1) is 0 Å². The summed E-state index contributed by atoms with van der Waals surface area (Å²) < 4.78 is 0. The lowest BCUT2D eigenvalue weighted by atomic mass is 10.4. The highest BCUT2D eigenvalue weighted by Gasteiger charge is 2.18. The topological polar surface area (TPSA) is 82.2 Å². The molecule has 0 radical (unpaired) electrons. The molecule has 0 aliphatic carbocycles. The van der Waals surface area contributed by atoms with Gasteiger partial charge in [0, 0.05) is 19.6 Å². The Morgan fingerprint density at radius 3 is 2.19 bits per heavy atom. The number of amides is 2. The van der Waals surface area contributed by atoms with Gasteiger partial charge in [-0.1, -0.05) is 12.1 Å². The number of nitrogens with zero attached hydrogens (tertiary/aromatic N) is 3. The number of carbonyl (C=O) groups is 1. The molecular weight excluding hydrogens is 208 g/mol. The number of urea groups is 1. The average molecular weight is 230 g/mol. The van der Waals surface area contributed by atoms with E-state index in [1.54, 1.807) is 9.80 Å². The summed E-state index contributed by atoms with van der Waals surface area (Å²) >= 11 is 0. The van der Waals surface area contributed by atoms with Crippen LogP contribution in [0.1, 0.15) is 27.2 Å². The Kier molecular flexibility index (Phi) is 7.07. The molecule has 6 heteroatoms. The lowest BCUT2D eigenvalue weighted by Crippen LogP contribution is -2.46. The SMILES string of the molecule is CCCN(CC(N)=NO)C(=O)N(CC)CC. The third-order valence-electron chi connectivity index (χ3n) is 2.28. The Balaban J connectivity index is 4.56. The molecule has 0 aromatic rings. The van der Waals surface area contributed by atoms with Crippen molar-refractivity contribution in [1.82, 2.24) is 9.80 Å². The van der Waals surface area contributed by atoms with E-state index >= 15 is 0 Å². The monoisotopic (exact) mass is 230 g/mol. The van der Waals surface area contributed by atoms with Crippen molar-refractivity contribution in [3.8, 4) is 0 Å². The second kappa shape index (κ2) is 7.78. The van der Waals surface area contributed by atoms with E-state index in [0.29, 0.717) is 19.6 Å². The molecule has 16 heavy (non-hydrogen) atoms. The lowest BCUT2D eigenvalue weighted by molar-refractivity contribution is 0.163. The average Bonchev–Trinajstić information content (AvgIpc) is 2.29. The summed E-state index contributed by atoms with van der Waals surface area (Å²) in [4.78, 5) is 15.3. The van der Waals surface area contributed by atoms with Gasteiger partial charge in [0.05, 0.1) is 6.54 Å². The summed E-state index contributed by atoms with van der Waals surface area (Å²) in [5.74, 6) is 0.0500. The van der Waals surface area contributed by atoms with Crippen molar-refractivity contribution < 1.29 is 10.0 Å². The molecule has 0 aromatic heterocycles. The minimum atomic E-state index is -0.0709. The number of carbonyl (C=O) groups excluding carboxylic acids is 1. The fraction of sp³-hybridized carbons (Fsp3) is 0.800. The van der Waals surface area contributed by atoms with Gasteiger partial charge in [-0.25, -0.2) is 4.79 Å². The van der Waals surface area contributed by atoms with Crippen molar-refractivity contribution in [2.24, 2.45) is 10.9 Å². The van der Waals surface area contributed by atoms with Crippen LogP contribution in [-0.4, -0.2) is 53.1 Å². The van der Waals surface area contributed by atoms with Gasteiger partial charge in [0.15, 0.2) is 5.84 Å². The van der Waals surface area contributed by atoms with Crippen LogP contribution in [0.25, 0.3) is 0 Å². The molecule has 0 aromatic carbocycles. The second-order valence-electron chi connectivity index (χ2n) is 3.47. The van der Waals surface area contributed by atoms with Crippen molar-refractivity contribution in [3.05, 3.63) is 0 Å². The zero-order valence-corrected chi connectivity index (χ0v) is 10.3. The zero-order valence-electron chi connectivity index (χ0n) is 10.3. The predicted molar refractivity (Wildman–Crippen MR) is 63.6 cm³/mol. The van der Waals surface area contributed by atoms with Gasteiger partial charge in [0.25, 0.3) is 0 Å². The van der Waals surface area contributed by atoms with Gasteiger partial charge < -0.3 is 20.7 Å². The van der Waals surface area contributed by atoms with Crippen LogP contribution in [0.15, 0.2) is 5.16 Å². The van der Waals surface area contributed by atoms with Gasteiger partial charge in [-0.3, -0.25) is 0 Å². The Bertz CT molecular complexity index is 239. The largest absolute Gasteiger partial charge is 0.409 e. The highest BCUT2D eigenvalue weighted by Crippen LogP contribution is 2.00. The molecule has 2 amide bonds. The molecule has 0 bridgehead atoms. The Morgan fingerprint density at radius 1 is 1.25 bits per heavy atom. The number of hydrogen-bond acceptors (Lipinski definition) is 3. The highest BCUT2D eigenvalue weighted by atomic mass is 16.4. The lowest BCUT2D eigenvalue weighted by Gasteiger charge is -2.28. The van der Waals surface area contributed by atoms with Crippen LogP contribution >= 0.6 is 0 Å². The van der Waals surface area contributed by atoms with Crippen LogP contribution < -0.4 is 5.73 Å². The molecule has 0 aliphatic rings. The van der Waals surface area contributed by atoms with Gasteiger partial charge in [0.1, 0.15) is 0 Å². The first-order chi connectivity index (χ1) is 7.60. The van der Waals surface area contributed by atoms with Gasteiger partial charge in [-0.15, -0.1) is 0 Å². The number of amidine groups is 1. The standard InChI is InChI=1S/C10H22N4O2/c1-4-7-14(8-9(11)12-16)10(15)13(5-2)6-3/h16H,4-8H2,1-3H3,(H2,11,12). The number of rotatable bonds is 6. The van der Waals surface area contributed by atoms with Crippen molar-refractivity contribution in [3.63, 3.8) is 0 Å². The zero-order chi connectivity index (χ0) is 12.6. The summed E-state index contributed by atoms with van der Waals surface area (Å²) in [5, 5.41) is 11.4. The summed E-state index contributed by atoms with van der Waals surface area (Å²) in [7, 11) is 0. The molecule has 0 unspecified atom stereocenters. The molecule has 0 aliphatic heterocycles. The van der Waals surface area contributed by atoms with E-state index in [0.717, 1.165) is 6.42 Å². The normalized spacial score (nSPS) is 11.3. The minimum absolute atomic E-state index is 0.0500. The third kappa shape index (κ3) is 4.37. The number of hydrogen-bond donors (Lipinski definition) is 2. The van der Waals surface area contributed by atoms with Crippen LogP contribution in [0.4, 0.5) is 4.79 Å². The molecule has 3 N–H and O–H groups in total. The Morgan fingerprint density at radius 2 is 1.81 bits per heavy atom. The maximum atomic E-state index is 12.0. The summed E-state index contributed by atoms with van der Waals surface area (Å²) in [5.41, 5.74) is 5.41. The van der Waals surface area contributed by atoms with E-state index < -0.39 is 0 Å². The maximum Gasteiger partial charge on any atom is 0.320 e. The fourth-order valence-corrected chi connectivity index (χ4v) is 1.43. The van der Waals surface area contributed by atoms with Crippen molar-refractivity contribution in [2.75, 3.05) is 26.2 Å². The third-order valence-corrected chi connectivity index (χ3v) is 2.28. The molecule has 0 atom stereocenters. The molecule has 0 saturated carbocycles. The Hall–Kier alpha value is -1.46. The minimum Gasteiger partial charge on any atom is -0.409 e. The molecule has 0 heterocycles. The van der Waals surface area contributed by atoms with Gasteiger partial charge in [0.2, 0.25) is 0 Å². The van der Waals surface area contributed by atoms with Crippen molar-refractivity contribution in [1.29, 1.82) is 0 Å². The summed E-state index contributed by atoms with van der Waals surface area (Å²) in [6, 6.07) is -0.0709. The molecule has 0 rings (SSSR count). The van der Waals surface area contributed by atoms with Crippen LogP contribution in [-0.2, 0) is 0 Å². The van der Waals surface area contributed by atoms with Crippen molar-refractivity contribution in [2.45, 2.75) is 27.2 Å². The maximum absolute atomic E-state index is 12.0. The van der Waals surface area contributed by atoms with Gasteiger partial charge >= 0.3 is 6.03 Å². The quantitative estimate of drug-likeness (QED) is 0.308. The predicted octanol–water partition coefficient (Wildman–Crippen LogP) is 0.907. The molecule has 0 spiro atoms. The first kappa shape index (κ1) is 14.5. The number of oxime groups is 1. The van der Waals surface area contributed by atoms with E-state index in [2.05, 4.69) is 5.16 Å². The van der Waals surface area contributed by atoms with Crippen LogP contribution in [0.5, 0.6) is 0 Å². The highest BCUT2D eigenvalue weighted by molar-refractivity contribution is 5.86. The van der Waals surface area contributed by atoms with E-state index in [9.17, 15) is 4.79 Å². The fourth-order valence-electron chi connectivity index (χ4n) is 1.43. The first-order valence-electron chi connectivity index (χ1n) is 5.60. The smallest absolute Gasteiger partial charge is 0.320 e. The molecular formula is C10H22N4O2.